The van der Waals surface area contributed by atoms with Crippen molar-refractivity contribution < 1.29 is 14.3 Å². The first-order valence-corrected chi connectivity index (χ1v) is 9.17. The van der Waals surface area contributed by atoms with Crippen LogP contribution in [0.2, 0.25) is 0 Å². The van der Waals surface area contributed by atoms with Gasteiger partial charge in [0.05, 0.1) is 11.4 Å². The van der Waals surface area contributed by atoms with E-state index in [2.05, 4.69) is 5.10 Å². The van der Waals surface area contributed by atoms with Crippen LogP contribution in [0, 0.1) is 0 Å². The molecule has 0 amide bonds. The molecule has 1 aliphatic rings. The van der Waals surface area contributed by atoms with Gasteiger partial charge in [0.1, 0.15) is 0 Å². The lowest BCUT2D eigenvalue weighted by Gasteiger charge is -2.20. The van der Waals surface area contributed by atoms with Crippen molar-refractivity contribution in [1.29, 1.82) is 0 Å². The van der Waals surface area contributed by atoms with E-state index >= 15 is 0 Å². The van der Waals surface area contributed by atoms with Crippen LogP contribution in [0.25, 0.3) is 16.9 Å². The third kappa shape index (κ3) is 3.67. The van der Waals surface area contributed by atoms with Crippen molar-refractivity contribution >= 4 is 11.8 Å². The first-order chi connectivity index (χ1) is 13.2. The van der Waals surface area contributed by atoms with Crippen LogP contribution in [-0.4, -0.2) is 27.6 Å². The number of hydrogen-bond donors (Lipinski definition) is 0. The molecule has 0 radical (unpaired) electrons. The van der Waals surface area contributed by atoms with Crippen molar-refractivity contribution in [3.05, 3.63) is 72.4 Å². The van der Waals surface area contributed by atoms with Crippen LogP contribution in [0.3, 0.4) is 0 Å². The molecule has 2 aromatic carbocycles. The Morgan fingerprint density at radius 3 is 2.41 bits per heavy atom. The lowest BCUT2D eigenvalue weighted by atomic mass is 9.96. The molecule has 4 rings (SSSR count). The molecule has 5 nitrogen and oxygen atoms in total. The summed E-state index contributed by atoms with van der Waals surface area (Å²) in [5.74, 6) is -0.516. The molecule has 27 heavy (non-hydrogen) atoms. The highest BCUT2D eigenvalue weighted by Gasteiger charge is 2.28. The molecule has 0 aliphatic heterocycles. The second kappa shape index (κ2) is 7.58. The molecule has 1 aliphatic carbocycles. The smallest absolute Gasteiger partial charge is 0.357 e. The SMILES string of the molecule is O=C(OC1CCCCC1=O)c1cc(-c2ccccc2)nn1-c1ccccc1. The lowest BCUT2D eigenvalue weighted by Crippen LogP contribution is -2.30. The van der Waals surface area contributed by atoms with E-state index in [0.717, 1.165) is 24.1 Å². The molecule has 0 bridgehead atoms. The van der Waals surface area contributed by atoms with Crippen molar-refractivity contribution in [1.82, 2.24) is 9.78 Å². The first kappa shape index (κ1) is 17.2. The number of carbonyl (C=O) groups excluding carboxylic acids is 2. The van der Waals surface area contributed by atoms with Gasteiger partial charge in [-0.3, -0.25) is 4.79 Å². The fourth-order valence-electron chi connectivity index (χ4n) is 3.31. The minimum atomic E-state index is -0.648. The van der Waals surface area contributed by atoms with Crippen LogP contribution >= 0.6 is 0 Å². The first-order valence-electron chi connectivity index (χ1n) is 9.17. The van der Waals surface area contributed by atoms with E-state index < -0.39 is 12.1 Å². The summed E-state index contributed by atoms with van der Waals surface area (Å²) in [4.78, 5) is 24.9. The Morgan fingerprint density at radius 1 is 1.00 bits per heavy atom. The molecule has 1 unspecified atom stereocenters. The predicted molar refractivity (Wildman–Crippen MR) is 102 cm³/mol. The Balaban J connectivity index is 1.70. The van der Waals surface area contributed by atoms with Gasteiger partial charge in [-0.25, -0.2) is 9.48 Å². The van der Waals surface area contributed by atoms with E-state index in [0.29, 0.717) is 24.2 Å². The topological polar surface area (TPSA) is 61.2 Å². The molecule has 1 fully saturated rings. The Kier molecular flexibility index (Phi) is 4.83. The average molecular weight is 360 g/mol. The van der Waals surface area contributed by atoms with E-state index in [1.807, 2.05) is 60.7 Å². The summed E-state index contributed by atoms with van der Waals surface area (Å²) in [5.41, 5.74) is 2.68. The Morgan fingerprint density at radius 2 is 1.70 bits per heavy atom. The van der Waals surface area contributed by atoms with Gasteiger partial charge in [-0.1, -0.05) is 48.5 Å². The number of esters is 1. The molecule has 0 N–H and O–H groups in total. The quantitative estimate of drug-likeness (QED) is 0.654. The average Bonchev–Trinajstić information content (AvgIpc) is 3.17. The Bertz CT molecular complexity index is 948. The molecule has 136 valence electrons. The van der Waals surface area contributed by atoms with Gasteiger partial charge in [-0.05, 0) is 37.5 Å². The fourth-order valence-corrected chi connectivity index (χ4v) is 3.31. The van der Waals surface area contributed by atoms with E-state index in [9.17, 15) is 9.59 Å². The fraction of sp³-hybridized carbons (Fsp3) is 0.227. The number of nitrogens with zero attached hydrogens (tertiary/aromatic N) is 2. The number of Topliss-reactive ketones (excluding diaryl/α,β-unsaturated/α-hetero) is 1. The van der Waals surface area contributed by atoms with Gasteiger partial charge >= 0.3 is 5.97 Å². The van der Waals surface area contributed by atoms with Gasteiger partial charge in [0.15, 0.2) is 17.6 Å². The summed E-state index contributed by atoms with van der Waals surface area (Å²) in [7, 11) is 0. The number of ether oxygens (including phenoxy) is 1. The maximum Gasteiger partial charge on any atom is 0.357 e. The lowest BCUT2D eigenvalue weighted by molar-refractivity contribution is -0.129. The molecule has 1 aromatic heterocycles. The molecule has 0 saturated heterocycles. The van der Waals surface area contributed by atoms with Crippen LogP contribution in [-0.2, 0) is 9.53 Å². The number of benzene rings is 2. The molecule has 5 heteroatoms. The summed E-state index contributed by atoms with van der Waals surface area (Å²) in [6.45, 7) is 0. The standard InChI is InChI=1S/C22H20N2O3/c25-20-13-7-8-14-21(20)27-22(26)19-15-18(16-9-3-1-4-10-16)23-24(19)17-11-5-2-6-12-17/h1-6,9-12,15,21H,7-8,13-14H2. The minimum Gasteiger partial charge on any atom is -0.450 e. The van der Waals surface area contributed by atoms with Gasteiger partial charge in [0, 0.05) is 12.0 Å². The van der Waals surface area contributed by atoms with Crippen molar-refractivity contribution in [3.63, 3.8) is 0 Å². The number of aromatic nitrogens is 2. The van der Waals surface area contributed by atoms with Gasteiger partial charge in [0.2, 0.25) is 0 Å². The largest absolute Gasteiger partial charge is 0.450 e. The molecule has 0 spiro atoms. The third-order valence-electron chi connectivity index (χ3n) is 4.74. The van der Waals surface area contributed by atoms with Crippen LogP contribution in [0.5, 0.6) is 0 Å². The Hall–Kier alpha value is -3.21. The third-order valence-corrected chi connectivity index (χ3v) is 4.74. The van der Waals surface area contributed by atoms with Crippen LogP contribution in [0.4, 0.5) is 0 Å². The van der Waals surface area contributed by atoms with Gasteiger partial charge in [-0.2, -0.15) is 5.10 Å². The minimum absolute atomic E-state index is 0.00339. The van der Waals surface area contributed by atoms with E-state index in [1.165, 1.54) is 0 Å². The highest BCUT2D eigenvalue weighted by molar-refractivity contribution is 5.93. The zero-order chi connectivity index (χ0) is 18.6. The van der Waals surface area contributed by atoms with Crippen molar-refractivity contribution in [2.75, 3.05) is 0 Å². The molecule has 1 atom stereocenters. The van der Waals surface area contributed by atoms with Crippen molar-refractivity contribution in [2.45, 2.75) is 31.8 Å². The maximum atomic E-state index is 12.9. The Labute approximate surface area is 157 Å². The zero-order valence-electron chi connectivity index (χ0n) is 14.9. The maximum absolute atomic E-state index is 12.9. The normalized spacial score (nSPS) is 16.9. The highest BCUT2D eigenvalue weighted by atomic mass is 16.5. The van der Waals surface area contributed by atoms with E-state index in [-0.39, 0.29) is 5.78 Å². The summed E-state index contributed by atoms with van der Waals surface area (Å²) in [5, 5.41) is 4.61. The monoisotopic (exact) mass is 360 g/mol. The van der Waals surface area contributed by atoms with Gasteiger partial charge < -0.3 is 4.74 Å². The molecule has 1 saturated carbocycles. The van der Waals surface area contributed by atoms with Crippen LogP contribution in [0.1, 0.15) is 36.2 Å². The molecule has 3 aromatic rings. The number of carbonyl (C=O) groups is 2. The molecular weight excluding hydrogens is 340 g/mol. The predicted octanol–water partition coefficient (Wildman–Crippen LogP) is 4.21. The highest BCUT2D eigenvalue weighted by Crippen LogP contribution is 2.24. The number of ketones is 1. The van der Waals surface area contributed by atoms with Gasteiger partial charge in [0.25, 0.3) is 0 Å². The van der Waals surface area contributed by atoms with Crippen molar-refractivity contribution in [3.8, 4) is 16.9 Å². The number of rotatable bonds is 4. The summed E-state index contributed by atoms with van der Waals surface area (Å²) < 4.78 is 7.13. The second-order valence-corrected chi connectivity index (χ2v) is 6.63. The number of hydrogen-bond acceptors (Lipinski definition) is 4. The summed E-state index contributed by atoms with van der Waals surface area (Å²) >= 11 is 0. The van der Waals surface area contributed by atoms with Gasteiger partial charge in [-0.15, -0.1) is 0 Å². The van der Waals surface area contributed by atoms with Crippen molar-refractivity contribution in [2.24, 2.45) is 0 Å². The van der Waals surface area contributed by atoms with Crippen LogP contribution < -0.4 is 0 Å². The van der Waals surface area contributed by atoms with E-state index in [4.69, 9.17) is 4.74 Å². The summed E-state index contributed by atoms with van der Waals surface area (Å²) in [6.07, 6.45) is 2.19. The molecule has 1 heterocycles. The zero-order valence-corrected chi connectivity index (χ0v) is 14.9. The van der Waals surface area contributed by atoms with Crippen LogP contribution in [0.15, 0.2) is 66.7 Å². The molecular formula is C22H20N2O3. The second-order valence-electron chi connectivity index (χ2n) is 6.63. The number of para-hydroxylation sites is 1. The summed E-state index contributed by atoms with van der Waals surface area (Å²) in [6, 6.07) is 20.8. The van der Waals surface area contributed by atoms with E-state index in [1.54, 1.807) is 10.7 Å².